The van der Waals surface area contributed by atoms with Crippen LogP contribution < -0.4 is 0 Å². The van der Waals surface area contributed by atoms with E-state index in [-0.39, 0.29) is 0 Å². The Balaban J connectivity index is 2.02. The van der Waals surface area contributed by atoms with E-state index in [1.165, 1.54) is 12.0 Å². The fraction of sp³-hybridized carbons (Fsp3) is 0.500. The van der Waals surface area contributed by atoms with E-state index >= 15 is 0 Å². The molecule has 1 saturated carbocycles. The van der Waals surface area contributed by atoms with Crippen LogP contribution in [0, 0.1) is 11.3 Å². The van der Waals surface area contributed by atoms with Crippen molar-refractivity contribution in [2.45, 2.75) is 19.8 Å². The molecule has 2 rings (SSSR count). The SMILES string of the molecule is CC1(Cc2ccc(Br)cc2)CC1CO. The predicted octanol–water partition coefficient (Wildman–Crippen LogP) is 3.01. The summed E-state index contributed by atoms with van der Waals surface area (Å²) >= 11 is 3.43. The summed E-state index contributed by atoms with van der Waals surface area (Å²) in [6, 6.07) is 8.47. The second-order valence-electron chi connectivity index (χ2n) is 4.54. The predicted molar refractivity (Wildman–Crippen MR) is 61.1 cm³/mol. The molecule has 0 aromatic heterocycles. The number of aliphatic hydroxyl groups is 1. The van der Waals surface area contributed by atoms with Gasteiger partial charge in [0, 0.05) is 11.1 Å². The molecule has 2 heteroatoms. The van der Waals surface area contributed by atoms with Gasteiger partial charge in [-0.05, 0) is 41.9 Å². The van der Waals surface area contributed by atoms with E-state index in [2.05, 4.69) is 47.1 Å². The summed E-state index contributed by atoms with van der Waals surface area (Å²) in [4.78, 5) is 0. The van der Waals surface area contributed by atoms with Crippen LogP contribution in [0.15, 0.2) is 28.7 Å². The van der Waals surface area contributed by atoms with Crippen LogP contribution in [0.3, 0.4) is 0 Å². The second kappa shape index (κ2) is 3.67. The second-order valence-corrected chi connectivity index (χ2v) is 5.46. The highest BCUT2D eigenvalue weighted by atomic mass is 79.9. The maximum atomic E-state index is 9.06. The number of halogens is 1. The first kappa shape index (κ1) is 10.2. The quantitative estimate of drug-likeness (QED) is 0.880. The summed E-state index contributed by atoms with van der Waals surface area (Å²) in [6.07, 6.45) is 2.26. The molecule has 14 heavy (non-hydrogen) atoms. The van der Waals surface area contributed by atoms with E-state index in [4.69, 9.17) is 5.11 Å². The molecule has 2 atom stereocenters. The van der Waals surface area contributed by atoms with Gasteiger partial charge in [0.1, 0.15) is 0 Å². The van der Waals surface area contributed by atoms with E-state index in [1.807, 2.05) is 0 Å². The zero-order chi connectivity index (χ0) is 10.2. The topological polar surface area (TPSA) is 20.2 Å². The van der Waals surface area contributed by atoms with E-state index < -0.39 is 0 Å². The van der Waals surface area contributed by atoms with Gasteiger partial charge in [0.15, 0.2) is 0 Å². The lowest BCUT2D eigenvalue weighted by Gasteiger charge is -2.10. The van der Waals surface area contributed by atoms with Crippen molar-refractivity contribution in [1.82, 2.24) is 0 Å². The third kappa shape index (κ3) is 2.01. The Hall–Kier alpha value is -0.340. The first-order valence-electron chi connectivity index (χ1n) is 4.99. The molecule has 1 N–H and O–H groups in total. The Morgan fingerprint density at radius 3 is 2.57 bits per heavy atom. The molecule has 2 unspecified atom stereocenters. The van der Waals surface area contributed by atoms with E-state index in [1.54, 1.807) is 0 Å². The lowest BCUT2D eigenvalue weighted by atomic mass is 9.96. The normalized spacial score (nSPS) is 30.4. The monoisotopic (exact) mass is 254 g/mol. The summed E-state index contributed by atoms with van der Waals surface area (Å²) in [6.45, 7) is 2.60. The summed E-state index contributed by atoms with van der Waals surface area (Å²) in [7, 11) is 0. The molecule has 1 aliphatic carbocycles. The number of benzene rings is 1. The van der Waals surface area contributed by atoms with Crippen molar-refractivity contribution in [2.75, 3.05) is 6.61 Å². The largest absolute Gasteiger partial charge is 0.396 e. The molecule has 1 fully saturated rings. The third-order valence-corrected chi connectivity index (χ3v) is 3.81. The highest BCUT2D eigenvalue weighted by Crippen LogP contribution is 2.53. The van der Waals surface area contributed by atoms with Crippen molar-refractivity contribution < 1.29 is 5.11 Å². The summed E-state index contributed by atoms with van der Waals surface area (Å²) in [5.74, 6) is 0.520. The van der Waals surface area contributed by atoms with Crippen molar-refractivity contribution in [3.05, 3.63) is 34.3 Å². The van der Waals surface area contributed by atoms with Gasteiger partial charge in [0.2, 0.25) is 0 Å². The van der Waals surface area contributed by atoms with Crippen LogP contribution in [0.2, 0.25) is 0 Å². The summed E-state index contributed by atoms with van der Waals surface area (Å²) in [5.41, 5.74) is 1.72. The molecule has 0 spiro atoms. The van der Waals surface area contributed by atoms with Crippen LogP contribution in [0.5, 0.6) is 0 Å². The van der Waals surface area contributed by atoms with Crippen molar-refractivity contribution in [2.24, 2.45) is 11.3 Å². The molecule has 1 aromatic rings. The average Bonchev–Trinajstić information content (AvgIpc) is 2.81. The Kier molecular flexibility index (Phi) is 2.67. The summed E-state index contributed by atoms with van der Waals surface area (Å²) in [5, 5.41) is 9.06. The maximum absolute atomic E-state index is 9.06. The van der Waals surface area contributed by atoms with E-state index in [9.17, 15) is 0 Å². The van der Waals surface area contributed by atoms with Crippen LogP contribution in [-0.4, -0.2) is 11.7 Å². The standard InChI is InChI=1S/C12H15BrO/c1-12(7-10(12)8-14)6-9-2-4-11(13)5-3-9/h2-5,10,14H,6-8H2,1H3. The Bertz CT molecular complexity index is 320. The fourth-order valence-electron chi connectivity index (χ4n) is 2.07. The minimum Gasteiger partial charge on any atom is -0.396 e. The van der Waals surface area contributed by atoms with Crippen molar-refractivity contribution in [3.8, 4) is 0 Å². The van der Waals surface area contributed by atoms with Crippen molar-refractivity contribution in [3.63, 3.8) is 0 Å². The van der Waals surface area contributed by atoms with Gasteiger partial charge >= 0.3 is 0 Å². The van der Waals surface area contributed by atoms with Gasteiger partial charge in [-0.25, -0.2) is 0 Å². The molecule has 1 aromatic carbocycles. The van der Waals surface area contributed by atoms with Crippen LogP contribution >= 0.6 is 15.9 Å². The molecular weight excluding hydrogens is 240 g/mol. The zero-order valence-corrected chi connectivity index (χ0v) is 9.92. The van der Waals surface area contributed by atoms with Gasteiger partial charge in [0.05, 0.1) is 0 Å². The number of aliphatic hydroxyl groups excluding tert-OH is 1. The third-order valence-electron chi connectivity index (χ3n) is 3.28. The first-order valence-corrected chi connectivity index (χ1v) is 5.79. The summed E-state index contributed by atoms with van der Waals surface area (Å²) < 4.78 is 1.13. The smallest absolute Gasteiger partial charge is 0.0464 e. The Morgan fingerprint density at radius 1 is 1.43 bits per heavy atom. The van der Waals surface area contributed by atoms with E-state index in [0.29, 0.717) is 17.9 Å². The molecule has 0 aliphatic heterocycles. The van der Waals surface area contributed by atoms with Crippen LogP contribution in [0.4, 0.5) is 0 Å². The van der Waals surface area contributed by atoms with Crippen LogP contribution in [-0.2, 0) is 6.42 Å². The number of rotatable bonds is 3. The van der Waals surface area contributed by atoms with E-state index in [0.717, 1.165) is 10.9 Å². The van der Waals surface area contributed by atoms with Crippen LogP contribution in [0.25, 0.3) is 0 Å². The average molecular weight is 255 g/mol. The first-order chi connectivity index (χ1) is 6.64. The number of hydrogen-bond acceptors (Lipinski definition) is 1. The van der Waals surface area contributed by atoms with Gasteiger partial charge in [-0.1, -0.05) is 35.0 Å². The van der Waals surface area contributed by atoms with Gasteiger partial charge < -0.3 is 5.11 Å². The lowest BCUT2D eigenvalue weighted by Crippen LogP contribution is -2.05. The minimum absolute atomic E-state index is 0.340. The molecular formula is C12H15BrO. The lowest BCUT2D eigenvalue weighted by molar-refractivity contribution is 0.253. The van der Waals surface area contributed by atoms with Gasteiger partial charge in [0.25, 0.3) is 0 Å². The Labute approximate surface area is 93.3 Å². The molecule has 0 heterocycles. The molecule has 0 radical (unpaired) electrons. The minimum atomic E-state index is 0.340. The van der Waals surface area contributed by atoms with Gasteiger partial charge in [-0.2, -0.15) is 0 Å². The zero-order valence-electron chi connectivity index (χ0n) is 8.33. The molecule has 1 aliphatic rings. The van der Waals surface area contributed by atoms with Crippen LogP contribution in [0.1, 0.15) is 18.9 Å². The highest BCUT2D eigenvalue weighted by Gasteiger charge is 2.48. The highest BCUT2D eigenvalue weighted by molar-refractivity contribution is 9.10. The van der Waals surface area contributed by atoms with Gasteiger partial charge in [-0.3, -0.25) is 0 Å². The molecule has 1 nitrogen and oxygen atoms in total. The van der Waals surface area contributed by atoms with Crippen molar-refractivity contribution >= 4 is 15.9 Å². The fourth-order valence-corrected chi connectivity index (χ4v) is 2.34. The Morgan fingerprint density at radius 2 is 2.07 bits per heavy atom. The molecule has 76 valence electrons. The van der Waals surface area contributed by atoms with Gasteiger partial charge in [-0.15, -0.1) is 0 Å². The van der Waals surface area contributed by atoms with Crippen molar-refractivity contribution in [1.29, 1.82) is 0 Å². The molecule has 0 amide bonds. The molecule has 0 saturated heterocycles. The molecule has 0 bridgehead atoms. The maximum Gasteiger partial charge on any atom is 0.0464 e. The number of hydrogen-bond donors (Lipinski definition) is 1.